The quantitative estimate of drug-likeness (QED) is 0.904. The van der Waals surface area contributed by atoms with Crippen LogP contribution >= 0.6 is 0 Å². The lowest BCUT2D eigenvalue weighted by atomic mass is 9.97. The average molecular weight is 296 g/mol. The number of halogens is 2. The summed E-state index contributed by atoms with van der Waals surface area (Å²) >= 11 is 0. The third-order valence-corrected chi connectivity index (χ3v) is 4.47. The van der Waals surface area contributed by atoms with Gasteiger partial charge in [0.2, 0.25) is 0 Å². The first-order valence-corrected chi connectivity index (χ1v) is 7.66. The molecule has 2 fully saturated rings. The smallest absolute Gasteiger partial charge is 0.134 e. The zero-order valence-electron chi connectivity index (χ0n) is 12.4. The topological polar surface area (TPSA) is 24.5 Å². The second-order valence-corrected chi connectivity index (χ2v) is 5.99. The Morgan fingerprint density at radius 2 is 1.86 bits per heavy atom. The van der Waals surface area contributed by atoms with Crippen LogP contribution < -0.4 is 10.1 Å². The van der Waals surface area contributed by atoms with Crippen LogP contribution in [0.15, 0.2) is 12.1 Å². The molecule has 0 aromatic heterocycles. The lowest BCUT2D eigenvalue weighted by Gasteiger charge is -2.35. The van der Waals surface area contributed by atoms with Crippen molar-refractivity contribution in [2.45, 2.75) is 25.3 Å². The van der Waals surface area contributed by atoms with E-state index in [0.717, 1.165) is 32.6 Å². The molecule has 1 aromatic rings. The van der Waals surface area contributed by atoms with Crippen LogP contribution in [0.3, 0.4) is 0 Å². The van der Waals surface area contributed by atoms with Crippen molar-refractivity contribution in [3.8, 4) is 5.75 Å². The van der Waals surface area contributed by atoms with Gasteiger partial charge in [-0.3, -0.25) is 4.90 Å². The van der Waals surface area contributed by atoms with E-state index in [1.807, 2.05) is 0 Å². The number of nitrogens with zero attached hydrogens (tertiary/aromatic N) is 1. The number of piperazine rings is 1. The Balaban J connectivity index is 1.90. The summed E-state index contributed by atoms with van der Waals surface area (Å²) in [6.45, 7) is 3.42. The summed E-state index contributed by atoms with van der Waals surface area (Å²) in [5.74, 6) is -0.128. The Labute approximate surface area is 124 Å². The molecule has 1 aliphatic heterocycles. The number of benzene rings is 1. The van der Waals surface area contributed by atoms with Gasteiger partial charge >= 0.3 is 0 Å². The lowest BCUT2D eigenvalue weighted by molar-refractivity contribution is 0.154. The van der Waals surface area contributed by atoms with Gasteiger partial charge in [0.05, 0.1) is 7.11 Å². The number of nitrogens with one attached hydrogen (secondary N) is 1. The standard InChI is InChI=1S/C16H22F2N2O/c1-21-12-9-13(17)16(14(18)10-12)15(8-11-2-3-11)20-6-4-19-5-7-20/h9-11,15,19H,2-8H2,1H3/t15-/m1/s1. The molecule has 5 heteroatoms. The zero-order valence-corrected chi connectivity index (χ0v) is 12.4. The summed E-state index contributed by atoms with van der Waals surface area (Å²) in [5.41, 5.74) is 0.213. The SMILES string of the molecule is COc1cc(F)c([C@@H](CC2CC2)N2CCNCC2)c(F)c1. The van der Waals surface area contributed by atoms with E-state index in [1.54, 1.807) is 0 Å². The van der Waals surface area contributed by atoms with Gasteiger partial charge in [-0.05, 0) is 12.3 Å². The molecule has 0 radical (unpaired) electrons. The van der Waals surface area contributed by atoms with E-state index in [9.17, 15) is 8.78 Å². The van der Waals surface area contributed by atoms with E-state index in [2.05, 4.69) is 10.2 Å². The molecule has 1 aromatic carbocycles. The predicted molar refractivity (Wildman–Crippen MR) is 77.4 cm³/mol. The van der Waals surface area contributed by atoms with Crippen molar-refractivity contribution >= 4 is 0 Å². The summed E-state index contributed by atoms with van der Waals surface area (Å²) in [4.78, 5) is 2.21. The van der Waals surface area contributed by atoms with E-state index >= 15 is 0 Å². The van der Waals surface area contributed by atoms with E-state index < -0.39 is 11.6 Å². The summed E-state index contributed by atoms with van der Waals surface area (Å²) in [6, 6.07) is 2.42. The van der Waals surface area contributed by atoms with Gasteiger partial charge in [-0.25, -0.2) is 8.78 Å². The summed E-state index contributed by atoms with van der Waals surface area (Å²) in [7, 11) is 1.42. The Bertz CT molecular complexity index is 476. The number of rotatable bonds is 5. The van der Waals surface area contributed by atoms with Crippen LogP contribution in [-0.2, 0) is 0 Å². The van der Waals surface area contributed by atoms with Crippen LogP contribution in [0.1, 0.15) is 30.9 Å². The minimum absolute atomic E-state index is 0.162. The van der Waals surface area contributed by atoms with Gasteiger partial charge in [-0.2, -0.15) is 0 Å². The number of hydrogen-bond donors (Lipinski definition) is 1. The Kier molecular flexibility index (Phi) is 4.40. The minimum Gasteiger partial charge on any atom is -0.497 e. The molecule has 0 unspecified atom stereocenters. The number of ether oxygens (including phenoxy) is 1. The molecule has 0 spiro atoms. The molecule has 1 saturated heterocycles. The van der Waals surface area contributed by atoms with E-state index in [1.165, 1.54) is 32.1 Å². The number of methoxy groups -OCH3 is 1. The first kappa shape index (κ1) is 14.7. The molecule has 1 atom stereocenters. The summed E-state index contributed by atoms with van der Waals surface area (Å²) in [5, 5.41) is 3.29. The van der Waals surface area contributed by atoms with Crippen LogP contribution in [0.4, 0.5) is 8.78 Å². The average Bonchev–Trinajstić information content (AvgIpc) is 3.30. The normalized spacial score (nSPS) is 21.3. The first-order valence-electron chi connectivity index (χ1n) is 7.66. The van der Waals surface area contributed by atoms with Crippen molar-refractivity contribution in [2.75, 3.05) is 33.3 Å². The predicted octanol–water partition coefficient (Wildman–Crippen LogP) is 2.72. The van der Waals surface area contributed by atoms with Crippen molar-refractivity contribution in [1.82, 2.24) is 10.2 Å². The van der Waals surface area contributed by atoms with Crippen molar-refractivity contribution in [2.24, 2.45) is 5.92 Å². The van der Waals surface area contributed by atoms with Gasteiger partial charge in [0.25, 0.3) is 0 Å². The van der Waals surface area contributed by atoms with Gasteiger partial charge in [0.15, 0.2) is 0 Å². The van der Waals surface area contributed by atoms with Gasteiger partial charge in [0, 0.05) is 49.9 Å². The fourth-order valence-electron chi connectivity index (χ4n) is 3.11. The molecule has 3 nitrogen and oxygen atoms in total. The lowest BCUT2D eigenvalue weighted by Crippen LogP contribution is -2.45. The fraction of sp³-hybridized carbons (Fsp3) is 0.625. The second kappa shape index (κ2) is 6.28. The van der Waals surface area contributed by atoms with Crippen molar-refractivity contribution < 1.29 is 13.5 Å². The fourth-order valence-corrected chi connectivity index (χ4v) is 3.11. The molecule has 3 rings (SSSR count). The van der Waals surface area contributed by atoms with Gasteiger partial charge < -0.3 is 10.1 Å². The van der Waals surface area contributed by atoms with Crippen molar-refractivity contribution in [1.29, 1.82) is 0 Å². The highest BCUT2D eigenvalue weighted by Gasteiger charge is 2.33. The Hall–Kier alpha value is -1.20. The van der Waals surface area contributed by atoms with Gasteiger partial charge in [-0.1, -0.05) is 12.8 Å². The molecule has 21 heavy (non-hydrogen) atoms. The van der Waals surface area contributed by atoms with Gasteiger partial charge in [0.1, 0.15) is 17.4 Å². The Morgan fingerprint density at radius 1 is 1.24 bits per heavy atom. The maximum Gasteiger partial charge on any atom is 0.134 e. The first-order chi connectivity index (χ1) is 10.2. The highest BCUT2D eigenvalue weighted by Crippen LogP contribution is 2.42. The second-order valence-electron chi connectivity index (χ2n) is 5.99. The van der Waals surface area contributed by atoms with Crippen LogP contribution in [-0.4, -0.2) is 38.2 Å². The van der Waals surface area contributed by atoms with E-state index in [-0.39, 0.29) is 17.4 Å². The zero-order chi connectivity index (χ0) is 14.8. The van der Waals surface area contributed by atoms with Gasteiger partial charge in [-0.15, -0.1) is 0 Å². The molecule has 116 valence electrons. The molecule has 1 saturated carbocycles. The third-order valence-electron chi connectivity index (χ3n) is 4.47. The van der Waals surface area contributed by atoms with Crippen molar-refractivity contribution in [3.05, 3.63) is 29.3 Å². The Morgan fingerprint density at radius 3 is 2.38 bits per heavy atom. The maximum absolute atomic E-state index is 14.4. The number of hydrogen-bond acceptors (Lipinski definition) is 3. The molecular weight excluding hydrogens is 274 g/mol. The largest absolute Gasteiger partial charge is 0.497 e. The molecule has 1 heterocycles. The molecular formula is C16H22F2N2O. The van der Waals surface area contributed by atoms with Crippen LogP contribution in [0.5, 0.6) is 5.75 Å². The van der Waals surface area contributed by atoms with Crippen LogP contribution in [0.2, 0.25) is 0 Å². The molecule has 1 N–H and O–H groups in total. The van der Waals surface area contributed by atoms with Crippen LogP contribution in [0, 0.1) is 17.6 Å². The molecule has 2 aliphatic rings. The van der Waals surface area contributed by atoms with E-state index in [4.69, 9.17) is 4.74 Å². The summed E-state index contributed by atoms with van der Waals surface area (Å²) in [6.07, 6.45) is 3.21. The van der Waals surface area contributed by atoms with Crippen LogP contribution in [0.25, 0.3) is 0 Å². The maximum atomic E-state index is 14.4. The minimum atomic E-state index is -0.490. The highest BCUT2D eigenvalue weighted by molar-refractivity contribution is 5.33. The monoisotopic (exact) mass is 296 g/mol. The molecule has 1 aliphatic carbocycles. The van der Waals surface area contributed by atoms with Crippen molar-refractivity contribution in [3.63, 3.8) is 0 Å². The summed E-state index contributed by atoms with van der Waals surface area (Å²) < 4.78 is 33.8. The third kappa shape index (κ3) is 3.35. The molecule has 0 bridgehead atoms. The molecule has 0 amide bonds. The van der Waals surface area contributed by atoms with E-state index in [0.29, 0.717) is 5.92 Å². The highest BCUT2D eigenvalue weighted by atomic mass is 19.1.